The highest BCUT2D eigenvalue weighted by molar-refractivity contribution is 5.78. The first-order valence-corrected chi connectivity index (χ1v) is 8.26. The van der Waals surface area contributed by atoms with E-state index < -0.39 is 11.4 Å². The second-order valence-corrected chi connectivity index (χ2v) is 6.84. The molecule has 0 aromatic rings. The molecule has 0 bridgehead atoms. The van der Waals surface area contributed by atoms with Crippen molar-refractivity contribution >= 4 is 12.0 Å². The van der Waals surface area contributed by atoms with Gasteiger partial charge < -0.3 is 15.3 Å². The van der Waals surface area contributed by atoms with Gasteiger partial charge in [-0.05, 0) is 31.6 Å². The van der Waals surface area contributed by atoms with E-state index in [1.165, 1.54) is 32.1 Å². The minimum atomic E-state index is -0.768. The molecule has 0 aromatic carbocycles. The summed E-state index contributed by atoms with van der Waals surface area (Å²) in [7, 11) is 1.81. The zero-order valence-electron chi connectivity index (χ0n) is 13.1. The number of nitrogens with one attached hydrogen (secondary N) is 1. The van der Waals surface area contributed by atoms with Crippen molar-refractivity contribution < 1.29 is 14.7 Å². The van der Waals surface area contributed by atoms with Crippen LogP contribution in [0.5, 0.6) is 0 Å². The van der Waals surface area contributed by atoms with E-state index in [2.05, 4.69) is 5.32 Å². The molecule has 21 heavy (non-hydrogen) atoms. The van der Waals surface area contributed by atoms with Crippen LogP contribution in [0.4, 0.5) is 4.79 Å². The summed E-state index contributed by atoms with van der Waals surface area (Å²) in [6.45, 7) is 1.04. The van der Waals surface area contributed by atoms with Gasteiger partial charge in [0.1, 0.15) is 0 Å². The number of carboxylic acids is 1. The Morgan fingerprint density at radius 2 is 1.76 bits per heavy atom. The minimum absolute atomic E-state index is 0.131. The Kier molecular flexibility index (Phi) is 5.48. The maximum atomic E-state index is 12.2. The number of carboxylic acid groups (broad SMARTS) is 1. The largest absolute Gasteiger partial charge is 0.481 e. The molecule has 2 N–H and O–H groups in total. The molecule has 2 rings (SSSR count). The normalized spacial score (nSPS) is 22.0. The zero-order valence-corrected chi connectivity index (χ0v) is 13.1. The van der Waals surface area contributed by atoms with E-state index in [9.17, 15) is 14.7 Å². The maximum absolute atomic E-state index is 12.2. The number of nitrogens with zero attached hydrogens (tertiary/aromatic N) is 1. The predicted octanol–water partition coefficient (Wildman–Crippen LogP) is 2.85. The predicted molar refractivity (Wildman–Crippen MR) is 81.1 cm³/mol. The Bertz CT molecular complexity index is 372. The standard InChI is InChI=1S/C16H28N2O3/c1-18(11-13-7-3-2-4-8-13)15(21)17-12-16(14(19)20)9-5-6-10-16/h13H,2-12H2,1H3,(H,17,21)(H,19,20). The fourth-order valence-corrected chi connectivity index (χ4v) is 3.74. The highest BCUT2D eigenvalue weighted by atomic mass is 16.4. The lowest BCUT2D eigenvalue weighted by molar-refractivity contribution is -0.148. The average Bonchev–Trinajstić information content (AvgIpc) is 2.96. The third-order valence-electron chi connectivity index (χ3n) is 5.20. The van der Waals surface area contributed by atoms with Gasteiger partial charge in [-0.3, -0.25) is 4.79 Å². The summed E-state index contributed by atoms with van der Waals surface area (Å²) < 4.78 is 0. The lowest BCUT2D eigenvalue weighted by atomic mass is 9.86. The molecule has 5 heteroatoms. The van der Waals surface area contributed by atoms with Crippen molar-refractivity contribution in [3.05, 3.63) is 0 Å². The van der Waals surface area contributed by atoms with E-state index >= 15 is 0 Å². The topological polar surface area (TPSA) is 69.6 Å². The summed E-state index contributed by atoms with van der Waals surface area (Å²) in [5.41, 5.74) is -0.735. The van der Waals surface area contributed by atoms with Crippen LogP contribution in [0.3, 0.4) is 0 Å². The van der Waals surface area contributed by atoms with Gasteiger partial charge in [0.05, 0.1) is 5.41 Å². The molecule has 2 saturated carbocycles. The number of hydrogen-bond acceptors (Lipinski definition) is 2. The van der Waals surface area contributed by atoms with Crippen molar-refractivity contribution in [3.63, 3.8) is 0 Å². The van der Waals surface area contributed by atoms with Gasteiger partial charge in [-0.1, -0.05) is 32.1 Å². The summed E-state index contributed by atoms with van der Waals surface area (Å²) >= 11 is 0. The van der Waals surface area contributed by atoms with E-state index in [-0.39, 0.29) is 12.6 Å². The number of urea groups is 1. The Hall–Kier alpha value is -1.26. The lowest BCUT2D eigenvalue weighted by Gasteiger charge is -2.29. The van der Waals surface area contributed by atoms with Crippen LogP contribution in [0.15, 0.2) is 0 Å². The van der Waals surface area contributed by atoms with Crippen molar-refractivity contribution in [3.8, 4) is 0 Å². The van der Waals surface area contributed by atoms with Gasteiger partial charge in [0, 0.05) is 20.1 Å². The Balaban J connectivity index is 1.78. The molecular weight excluding hydrogens is 268 g/mol. The van der Waals surface area contributed by atoms with Crippen LogP contribution in [0, 0.1) is 11.3 Å². The van der Waals surface area contributed by atoms with E-state index in [4.69, 9.17) is 0 Å². The van der Waals surface area contributed by atoms with Gasteiger partial charge in [0.25, 0.3) is 0 Å². The van der Waals surface area contributed by atoms with E-state index in [0.29, 0.717) is 18.8 Å². The summed E-state index contributed by atoms with van der Waals surface area (Å²) in [5, 5.41) is 12.3. The zero-order chi connectivity index (χ0) is 15.3. The number of amides is 2. The first-order chi connectivity index (χ1) is 10.0. The molecule has 0 aliphatic heterocycles. The summed E-state index contributed by atoms with van der Waals surface area (Å²) in [6.07, 6.45) is 9.50. The minimum Gasteiger partial charge on any atom is -0.481 e. The maximum Gasteiger partial charge on any atom is 0.317 e. The van der Waals surface area contributed by atoms with Crippen LogP contribution in [0.2, 0.25) is 0 Å². The molecular formula is C16H28N2O3. The Labute approximate surface area is 127 Å². The van der Waals surface area contributed by atoms with Crippen LogP contribution in [0.1, 0.15) is 57.8 Å². The number of aliphatic carboxylic acids is 1. The monoisotopic (exact) mass is 296 g/mol. The van der Waals surface area contributed by atoms with Crippen molar-refractivity contribution in [2.24, 2.45) is 11.3 Å². The number of hydrogen-bond donors (Lipinski definition) is 2. The molecule has 0 saturated heterocycles. The summed E-state index contributed by atoms with van der Waals surface area (Å²) in [5.74, 6) is -0.162. The van der Waals surface area contributed by atoms with E-state index in [1.54, 1.807) is 4.90 Å². The molecule has 2 fully saturated rings. The van der Waals surface area contributed by atoms with Crippen LogP contribution in [0.25, 0.3) is 0 Å². The van der Waals surface area contributed by atoms with Crippen LogP contribution in [-0.2, 0) is 4.79 Å². The molecule has 0 radical (unpaired) electrons. The summed E-state index contributed by atoms with van der Waals surface area (Å²) in [4.78, 5) is 25.3. The van der Waals surface area contributed by atoms with Gasteiger partial charge in [0.15, 0.2) is 0 Å². The van der Waals surface area contributed by atoms with Gasteiger partial charge in [-0.2, -0.15) is 0 Å². The molecule has 0 atom stereocenters. The molecule has 2 aliphatic carbocycles. The van der Waals surface area contributed by atoms with Gasteiger partial charge in [-0.25, -0.2) is 4.79 Å². The van der Waals surface area contributed by atoms with Crippen LogP contribution >= 0.6 is 0 Å². The van der Waals surface area contributed by atoms with E-state index in [0.717, 1.165) is 19.4 Å². The van der Waals surface area contributed by atoms with Crippen molar-refractivity contribution in [1.82, 2.24) is 10.2 Å². The Morgan fingerprint density at radius 1 is 1.14 bits per heavy atom. The molecule has 0 heterocycles. The average molecular weight is 296 g/mol. The Morgan fingerprint density at radius 3 is 2.33 bits per heavy atom. The first kappa shape index (κ1) is 16.1. The molecule has 2 aliphatic rings. The molecule has 2 amide bonds. The van der Waals surface area contributed by atoms with Crippen molar-refractivity contribution in [2.45, 2.75) is 57.8 Å². The quantitative estimate of drug-likeness (QED) is 0.819. The fraction of sp³-hybridized carbons (Fsp3) is 0.875. The molecule has 0 unspecified atom stereocenters. The SMILES string of the molecule is CN(CC1CCCCC1)C(=O)NCC1(C(=O)O)CCCC1. The third kappa shape index (κ3) is 4.11. The molecule has 5 nitrogen and oxygen atoms in total. The third-order valence-corrected chi connectivity index (χ3v) is 5.20. The fourth-order valence-electron chi connectivity index (χ4n) is 3.74. The highest BCUT2D eigenvalue weighted by Crippen LogP contribution is 2.37. The van der Waals surface area contributed by atoms with Gasteiger partial charge in [0.2, 0.25) is 0 Å². The second-order valence-electron chi connectivity index (χ2n) is 6.84. The van der Waals surface area contributed by atoms with Gasteiger partial charge in [-0.15, -0.1) is 0 Å². The van der Waals surface area contributed by atoms with Crippen LogP contribution in [-0.4, -0.2) is 42.1 Å². The smallest absolute Gasteiger partial charge is 0.317 e. The van der Waals surface area contributed by atoms with Crippen LogP contribution < -0.4 is 5.32 Å². The number of carbonyl (C=O) groups excluding carboxylic acids is 1. The van der Waals surface area contributed by atoms with E-state index in [1.807, 2.05) is 7.05 Å². The van der Waals surface area contributed by atoms with Crippen molar-refractivity contribution in [1.29, 1.82) is 0 Å². The first-order valence-electron chi connectivity index (χ1n) is 8.26. The second kappa shape index (κ2) is 7.14. The molecule has 120 valence electrons. The highest BCUT2D eigenvalue weighted by Gasteiger charge is 2.41. The lowest BCUT2D eigenvalue weighted by Crippen LogP contribution is -2.46. The number of carbonyl (C=O) groups is 2. The van der Waals surface area contributed by atoms with Gasteiger partial charge >= 0.3 is 12.0 Å². The molecule has 0 aromatic heterocycles. The summed E-state index contributed by atoms with van der Waals surface area (Å²) in [6, 6.07) is -0.131. The molecule has 0 spiro atoms. The van der Waals surface area contributed by atoms with Crippen molar-refractivity contribution in [2.75, 3.05) is 20.1 Å². The number of rotatable bonds is 5.